The summed E-state index contributed by atoms with van der Waals surface area (Å²) < 4.78 is 3.86. The van der Waals surface area contributed by atoms with Crippen LogP contribution in [0.3, 0.4) is 0 Å². The zero-order valence-corrected chi connectivity index (χ0v) is 15.1. The largest absolute Gasteiger partial charge is 0.365 e. The molecule has 0 bridgehead atoms. The maximum absolute atomic E-state index is 4.58. The zero-order valence-electron chi connectivity index (χ0n) is 15.1. The zero-order chi connectivity index (χ0) is 18.2. The minimum absolute atomic E-state index is 0.252. The van der Waals surface area contributed by atoms with E-state index >= 15 is 0 Å². The van der Waals surface area contributed by atoms with Gasteiger partial charge in [-0.3, -0.25) is 0 Å². The van der Waals surface area contributed by atoms with E-state index in [1.165, 1.54) is 0 Å². The van der Waals surface area contributed by atoms with Gasteiger partial charge in [0, 0.05) is 18.9 Å². The van der Waals surface area contributed by atoms with Crippen molar-refractivity contribution in [1.82, 2.24) is 34.5 Å². The highest BCUT2D eigenvalue weighted by atomic mass is 15.4. The first kappa shape index (κ1) is 15.9. The van der Waals surface area contributed by atoms with E-state index in [-0.39, 0.29) is 6.04 Å². The quantitative estimate of drug-likeness (QED) is 0.601. The number of rotatable bonds is 4. The fraction of sp³-hybridized carbons (Fsp3) is 0.316. The molecule has 1 N–H and O–H groups in total. The molecule has 5 rings (SSSR count). The van der Waals surface area contributed by atoms with E-state index in [1.54, 1.807) is 6.33 Å². The molecule has 0 radical (unpaired) electrons. The van der Waals surface area contributed by atoms with E-state index < -0.39 is 0 Å². The van der Waals surface area contributed by atoms with Crippen molar-refractivity contribution in [3.8, 4) is 5.69 Å². The topological polar surface area (TPSA) is 86.3 Å². The van der Waals surface area contributed by atoms with Gasteiger partial charge in [-0.1, -0.05) is 25.1 Å². The third-order valence-electron chi connectivity index (χ3n) is 4.93. The maximum Gasteiger partial charge on any atom is 0.168 e. The summed E-state index contributed by atoms with van der Waals surface area (Å²) in [5, 5.41) is 13.6. The highest BCUT2D eigenvalue weighted by molar-refractivity contribution is 5.87. The number of aryl methyl sites for hydroxylation is 2. The first-order valence-electron chi connectivity index (χ1n) is 9.25. The third-order valence-corrected chi connectivity index (χ3v) is 4.93. The fourth-order valence-corrected chi connectivity index (χ4v) is 3.54. The molecule has 3 aromatic heterocycles. The van der Waals surface area contributed by atoms with E-state index in [2.05, 4.69) is 37.4 Å². The van der Waals surface area contributed by atoms with Gasteiger partial charge in [-0.05, 0) is 18.6 Å². The molecule has 4 heterocycles. The molecular formula is C19H20N8. The second-order valence-corrected chi connectivity index (χ2v) is 6.71. The number of nitrogens with one attached hydrogen (secondary N) is 1. The van der Waals surface area contributed by atoms with Crippen molar-refractivity contribution in [3.63, 3.8) is 0 Å². The minimum Gasteiger partial charge on any atom is -0.365 e. The first-order chi connectivity index (χ1) is 13.3. The Kier molecular flexibility index (Phi) is 3.81. The number of anilines is 1. The van der Waals surface area contributed by atoms with Crippen molar-refractivity contribution >= 4 is 16.9 Å². The standard InChI is InChI=1S/C19H20N8/c1-2-16-24-17-9-8-13(11-26(17)25-16)23-18-15-10-22-27(19(15)21-12-20-18)14-6-4-3-5-7-14/h3-7,10,12-13H,2,8-9,11H2,1H3,(H,20,21,23). The predicted octanol–water partition coefficient (Wildman–Crippen LogP) is 2.40. The molecule has 1 aliphatic rings. The number of para-hydroxylation sites is 1. The summed E-state index contributed by atoms with van der Waals surface area (Å²) in [5.41, 5.74) is 1.78. The average Bonchev–Trinajstić information content (AvgIpc) is 3.33. The highest BCUT2D eigenvalue weighted by Crippen LogP contribution is 2.24. The summed E-state index contributed by atoms with van der Waals surface area (Å²) in [6, 6.07) is 10.3. The van der Waals surface area contributed by atoms with Crippen molar-refractivity contribution in [3.05, 3.63) is 54.5 Å². The van der Waals surface area contributed by atoms with E-state index in [4.69, 9.17) is 0 Å². The summed E-state index contributed by atoms with van der Waals surface area (Å²) in [7, 11) is 0. The fourth-order valence-electron chi connectivity index (χ4n) is 3.54. The van der Waals surface area contributed by atoms with Crippen molar-refractivity contribution in [1.29, 1.82) is 0 Å². The van der Waals surface area contributed by atoms with Gasteiger partial charge in [0.1, 0.15) is 18.0 Å². The van der Waals surface area contributed by atoms with Crippen LogP contribution in [0.2, 0.25) is 0 Å². The highest BCUT2D eigenvalue weighted by Gasteiger charge is 2.22. The lowest BCUT2D eigenvalue weighted by Crippen LogP contribution is -2.32. The van der Waals surface area contributed by atoms with Crippen LogP contribution in [0.15, 0.2) is 42.9 Å². The second kappa shape index (κ2) is 6.46. The van der Waals surface area contributed by atoms with Crippen LogP contribution in [0.25, 0.3) is 16.7 Å². The lowest BCUT2D eigenvalue weighted by Gasteiger charge is -2.24. The summed E-state index contributed by atoms with van der Waals surface area (Å²) in [6.07, 6.45) is 6.19. The van der Waals surface area contributed by atoms with Gasteiger partial charge < -0.3 is 5.32 Å². The number of fused-ring (bicyclic) bond motifs is 2. The molecule has 8 heteroatoms. The Morgan fingerprint density at radius 3 is 2.93 bits per heavy atom. The van der Waals surface area contributed by atoms with Gasteiger partial charge in [0.25, 0.3) is 0 Å². The van der Waals surface area contributed by atoms with Crippen molar-refractivity contribution < 1.29 is 0 Å². The SMILES string of the molecule is CCc1nc2n(n1)CC(Nc1ncnc3c1cnn3-c1ccccc1)CC2. The third kappa shape index (κ3) is 2.83. The number of benzene rings is 1. The molecule has 0 spiro atoms. The molecule has 1 unspecified atom stereocenters. The Balaban J connectivity index is 1.44. The minimum atomic E-state index is 0.252. The lowest BCUT2D eigenvalue weighted by molar-refractivity contribution is 0.440. The monoisotopic (exact) mass is 360 g/mol. The van der Waals surface area contributed by atoms with Crippen molar-refractivity contribution in [2.24, 2.45) is 0 Å². The Morgan fingerprint density at radius 2 is 2.07 bits per heavy atom. The number of aromatic nitrogens is 7. The van der Waals surface area contributed by atoms with E-state index in [0.29, 0.717) is 0 Å². The van der Waals surface area contributed by atoms with Crippen molar-refractivity contribution in [2.45, 2.75) is 38.8 Å². The molecule has 1 aliphatic heterocycles. The maximum atomic E-state index is 4.58. The van der Waals surface area contributed by atoms with Gasteiger partial charge in [-0.2, -0.15) is 10.2 Å². The summed E-state index contributed by atoms with van der Waals surface area (Å²) >= 11 is 0. The Bertz CT molecular complexity index is 1080. The number of hydrogen-bond donors (Lipinski definition) is 1. The van der Waals surface area contributed by atoms with Gasteiger partial charge in [-0.25, -0.2) is 24.3 Å². The van der Waals surface area contributed by atoms with Gasteiger partial charge in [0.2, 0.25) is 0 Å². The molecule has 1 atom stereocenters. The Morgan fingerprint density at radius 1 is 1.19 bits per heavy atom. The Hall–Kier alpha value is -3.29. The summed E-state index contributed by atoms with van der Waals surface area (Å²) in [6.45, 7) is 2.87. The van der Waals surface area contributed by atoms with Gasteiger partial charge in [0.05, 0.1) is 23.8 Å². The molecule has 8 nitrogen and oxygen atoms in total. The molecule has 0 aliphatic carbocycles. The normalized spacial score (nSPS) is 16.4. The van der Waals surface area contributed by atoms with Crippen LogP contribution in [0, 0.1) is 0 Å². The molecule has 0 saturated heterocycles. The van der Waals surface area contributed by atoms with Crippen LogP contribution in [0.5, 0.6) is 0 Å². The number of nitrogens with zero attached hydrogens (tertiary/aromatic N) is 7. The molecule has 0 saturated carbocycles. The van der Waals surface area contributed by atoms with E-state index in [1.807, 2.05) is 45.9 Å². The molecule has 136 valence electrons. The van der Waals surface area contributed by atoms with Gasteiger partial charge >= 0.3 is 0 Å². The van der Waals surface area contributed by atoms with E-state index in [0.717, 1.165) is 60.0 Å². The molecule has 1 aromatic carbocycles. The van der Waals surface area contributed by atoms with Gasteiger partial charge in [-0.15, -0.1) is 0 Å². The Labute approximate surface area is 156 Å². The van der Waals surface area contributed by atoms with Crippen LogP contribution >= 0.6 is 0 Å². The van der Waals surface area contributed by atoms with Crippen LogP contribution in [0.1, 0.15) is 25.0 Å². The molecule has 0 amide bonds. The van der Waals surface area contributed by atoms with Crippen molar-refractivity contribution in [2.75, 3.05) is 5.32 Å². The van der Waals surface area contributed by atoms with Crippen LogP contribution in [-0.4, -0.2) is 40.6 Å². The molecular weight excluding hydrogens is 340 g/mol. The van der Waals surface area contributed by atoms with E-state index in [9.17, 15) is 0 Å². The lowest BCUT2D eigenvalue weighted by atomic mass is 10.1. The summed E-state index contributed by atoms with van der Waals surface area (Å²) in [5.74, 6) is 2.81. The molecule has 27 heavy (non-hydrogen) atoms. The average molecular weight is 360 g/mol. The van der Waals surface area contributed by atoms with Crippen LogP contribution in [-0.2, 0) is 19.4 Å². The van der Waals surface area contributed by atoms with Crippen LogP contribution in [0.4, 0.5) is 5.82 Å². The van der Waals surface area contributed by atoms with Gasteiger partial charge in [0.15, 0.2) is 11.5 Å². The molecule has 4 aromatic rings. The first-order valence-corrected chi connectivity index (χ1v) is 9.25. The van der Waals surface area contributed by atoms with Crippen LogP contribution < -0.4 is 5.32 Å². The summed E-state index contributed by atoms with van der Waals surface area (Å²) in [4.78, 5) is 13.5. The predicted molar refractivity (Wildman–Crippen MR) is 102 cm³/mol. The number of hydrogen-bond acceptors (Lipinski definition) is 6. The molecule has 0 fully saturated rings. The second-order valence-electron chi connectivity index (χ2n) is 6.71. The smallest absolute Gasteiger partial charge is 0.168 e.